The topological polar surface area (TPSA) is 47.6 Å². The van der Waals surface area contributed by atoms with Crippen molar-refractivity contribution >= 4 is 41.7 Å². The van der Waals surface area contributed by atoms with Gasteiger partial charge in [-0.3, -0.25) is 20.5 Å². The minimum absolute atomic E-state index is 0.00742. The highest BCUT2D eigenvalue weighted by Crippen LogP contribution is 2.31. The molecular formula is C18H19F3N4OS2. The largest absolute Gasteiger partial charge is 0.416 e. The summed E-state index contributed by atoms with van der Waals surface area (Å²) in [6.45, 7) is 0.684. The number of nitrogens with one attached hydrogen (secondary N) is 2. The van der Waals surface area contributed by atoms with E-state index in [2.05, 4.69) is 28.4 Å². The maximum Gasteiger partial charge on any atom is 0.416 e. The monoisotopic (exact) mass is 428 g/mol. The molecule has 0 saturated carbocycles. The predicted octanol–water partition coefficient (Wildman–Crippen LogP) is 3.83. The molecule has 0 aromatic heterocycles. The lowest BCUT2D eigenvalue weighted by Gasteiger charge is -2.40. The molecule has 5 nitrogen and oxygen atoms in total. The average Bonchev–Trinajstić information content (AvgIpc) is 2.68. The van der Waals surface area contributed by atoms with Gasteiger partial charge in [0.05, 0.1) is 24.5 Å². The summed E-state index contributed by atoms with van der Waals surface area (Å²) >= 11 is 6.18. The second kappa shape index (κ2) is 8.97. The molecule has 150 valence electrons. The number of thiol groups is 1. The van der Waals surface area contributed by atoms with Crippen LogP contribution < -0.4 is 15.8 Å². The Bertz CT molecular complexity index is 790. The molecule has 1 aliphatic rings. The van der Waals surface area contributed by atoms with Crippen LogP contribution in [-0.2, 0) is 11.0 Å². The Hall–Kier alpha value is -2.04. The molecule has 1 unspecified atom stereocenters. The Labute approximate surface area is 170 Å². The van der Waals surface area contributed by atoms with E-state index in [1.54, 1.807) is 11.8 Å². The van der Waals surface area contributed by atoms with E-state index in [4.69, 9.17) is 0 Å². The van der Waals surface area contributed by atoms with Gasteiger partial charge in [0.1, 0.15) is 4.71 Å². The first-order valence-corrected chi connectivity index (χ1v) is 9.95. The van der Waals surface area contributed by atoms with E-state index in [-0.39, 0.29) is 17.2 Å². The molecule has 10 heteroatoms. The zero-order valence-corrected chi connectivity index (χ0v) is 16.4. The molecule has 0 bridgehead atoms. The number of carbonyl (C=O) groups is 1. The molecule has 28 heavy (non-hydrogen) atoms. The molecule has 1 fully saturated rings. The van der Waals surface area contributed by atoms with Crippen LogP contribution in [0, 0.1) is 0 Å². The van der Waals surface area contributed by atoms with Crippen molar-refractivity contribution in [2.75, 3.05) is 29.4 Å². The van der Waals surface area contributed by atoms with Gasteiger partial charge < -0.3 is 4.90 Å². The highest BCUT2D eigenvalue weighted by Gasteiger charge is 2.30. The number of hydrogen-bond acceptors (Lipinski definition) is 6. The van der Waals surface area contributed by atoms with Crippen molar-refractivity contribution in [2.24, 2.45) is 0 Å². The molecule has 1 atom stereocenters. The van der Waals surface area contributed by atoms with E-state index in [0.717, 1.165) is 17.8 Å². The fourth-order valence-electron chi connectivity index (χ4n) is 2.64. The van der Waals surface area contributed by atoms with Gasteiger partial charge in [0.2, 0.25) is 0 Å². The number of nitrogens with zero attached hydrogens (tertiary/aromatic N) is 2. The highest BCUT2D eigenvalue weighted by atomic mass is 32.2. The fraction of sp³-hybridized carbons (Fsp3) is 0.278. The molecule has 2 N–H and O–H groups in total. The van der Waals surface area contributed by atoms with Crippen molar-refractivity contribution in [3.8, 4) is 0 Å². The van der Waals surface area contributed by atoms with Crippen molar-refractivity contribution in [3.63, 3.8) is 0 Å². The van der Waals surface area contributed by atoms with Crippen LogP contribution in [0.25, 0.3) is 0 Å². The quantitative estimate of drug-likeness (QED) is 0.499. The predicted molar refractivity (Wildman–Crippen MR) is 109 cm³/mol. The smallest absolute Gasteiger partial charge is 0.338 e. The minimum atomic E-state index is -4.39. The molecule has 0 radical (unpaired) electrons. The Morgan fingerprint density at radius 1 is 1.14 bits per heavy atom. The summed E-state index contributed by atoms with van der Waals surface area (Å²) in [7, 11) is 0. The van der Waals surface area contributed by atoms with Crippen LogP contribution in [0.5, 0.6) is 0 Å². The van der Waals surface area contributed by atoms with Crippen molar-refractivity contribution in [1.82, 2.24) is 10.3 Å². The minimum Gasteiger partial charge on any atom is -0.338 e. The zero-order valence-electron chi connectivity index (χ0n) is 14.7. The van der Waals surface area contributed by atoms with Gasteiger partial charge in [-0.15, -0.1) is 24.4 Å². The normalized spacial score (nSPS) is 18.0. The second-order valence-corrected chi connectivity index (χ2v) is 8.02. The summed E-state index contributed by atoms with van der Waals surface area (Å²) in [6, 6.07) is 14.2. The van der Waals surface area contributed by atoms with Crippen LogP contribution in [0.2, 0.25) is 0 Å². The summed E-state index contributed by atoms with van der Waals surface area (Å²) < 4.78 is 37.7. The average molecular weight is 429 g/mol. The van der Waals surface area contributed by atoms with Gasteiger partial charge in [0, 0.05) is 11.6 Å². The number of benzene rings is 2. The van der Waals surface area contributed by atoms with Gasteiger partial charge in [0.15, 0.2) is 0 Å². The third kappa shape index (κ3) is 5.49. The van der Waals surface area contributed by atoms with Gasteiger partial charge in [-0.25, -0.2) is 0 Å². The Morgan fingerprint density at radius 3 is 2.46 bits per heavy atom. The van der Waals surface area contributed by atoms with Crippen LogP contribution in [0.15, 0.2) is 54.6 Å². The first-order chi connectivity index (χ1) is 13.3. The van der Waals surface area contributed by atoms with Crippen molar-refractivity contribution in [3.05, 3.63) is 60.2 Å². The van der Waals surface area contributed by atoms with E-state index >= 15 is 0 Å². The maximum atomic E-state index is 12.6. The van der Waals surface area contributed by atoms with E-state index < -0.39 is 11.7 Å². The van der Waals surface area contributed by atoms with Gasteiger partial charge in [0.25, 0.3) is 5.91 Å². The molecule has 1 heterocycles. The Kier molecular flexibility index (Phi) is 6.63. The molecule has 1 amide bonds. The van der Waals surface area contributed by atoms with E-state index in [9.17, 15) is 18.0 Å². The molecule has 1 aliphatic heterocycles. The summed E-state index contributed by atoms with van der Waals surface area (Å²) in [5, 5.41) is 0. The number of carbonyl (C=O) groups excluding carboxylic acids is 1. The van der Waals surface area contributed by atoms with Crippen LogP contribution in [0.3, 0.4) is 0 Å². The summed E-state index contributed by atoms with van der Waals surface area (Å²) in [5.74, 6) is 0.358. The fourth-order valence-corrected chi connectivity index (χ4v) is 3.93. The summed E-state index contributed by atoms with van der Waals surface area (Å²) in [4.78, 5) is 16.2. The van der Waals surface area contributed by atoms with E-state index in [1.807, 2.05) is 35.2 Å². The number of para-hydroxylation sites is 1. The SMILES string of the molecule is O=C(CN1CSC(S)N(c2ccccc2)C1)NNc1ccc(C(F)(F)F)cc1. The number of thioether (sulfide) groups is 1. The summed E-state index contributed by atoms with van der Waals surface area (Å²) in [5.41, 5.74) is 5.80. The van der Waals surface area contributed by atoms with Gasteiger partial charge in [-0.05, 0) is 36.4 Å². The number of amides is 1. The molecule has 3 rings (SSSR count). The molecule has 0 spiro atoms. The number of hydrogen-bond donors (Lipinski definition) is 3. The molecule has 2 aromatic carbocycles. The maximum absolute atomic E-state index is 12.6. The highest BCUT2D eigenvalue weighted by molar-refractivity contribution is 8.10. The van der Waals surface area contributed by atoms with Crippen LogP contribution in [0.4, 0.5) is 24.5 Å². The third-order valence-corrected chi connectivity index (χ3v) is 5.83. The van der Waals surface area contributed by atoms with E-state index in [0.29, 0.717) is 18.2 Å². The van der Waals surface area contributed by atoms with Crippen molar-refractivity contribution in [1.29, 1.82) is 0 Å². The summed E-state index contributed by atoms with van der Waals surface area (Å²) in [6.07, 6.45) is -4.39. The first-order valence-electron chi connectivity index (χ1n) is 8.39. The number of rotatable bonds is 5. The molecule has 2 aromatic rings. The standard InChI is InChI=1S/C18H19F3N4OS2/c19-18(20,21)13-6-8-14(9-7-13)22-23-16(26)10-24-11-25(17(27)28-12-24)15-4-2-1-3-5-15/h1-9,17,22,27H,10-12H2,(H,23,26). The van der Waals surface area contributed by atoms with Gasteiger partial charge in [-0.1, -0.05) is 18.2 Å². The Morgan fingerprint density at radius 2 is 1.82 bits per heavy atom. The molecule has 1 saturated heterocycles. The van der Waals surface area contributed by atoms with Crippen LogP contribution in [0.1, 0.15) is 5.56 Å². The van der Waals surface area contributed by atoms with Crippen molar-refractivity contribution in [2.45, 2.75) is 10.9 Å². The van der Waals surface area contributed by atoms with E-state index in [1.165, 1.54) is 12.1 Å². The van der Waals surface area contributed by atoms with Crippen LogP contribution in [-0.4, -0.2) is 34.6 Å². The lowest BCUT2D eigenvalue weighted by Crippen LogP contribution is -2.49. The lowest BCUT2D eigenvalue weighted by molar-refractivity contribution is -0.137. The second-order valence-electron chi connectivity index (χ2n) is 6.15. The Balaban J connectivity index is 1.50. The lowest BCUT2D eigenvalue weighted by atomic mass is 10.2. The van der Waals surface area contributed by atoms with Crippen molar-refractivity contribution < 1.29 is 18.0 Å². The van der Waals surface area contributed by atoms with Gasteiger partial charge in [-0.2, -0.15) is 13.2 Å². The number of anilines is 2. The number of alkyl halides is 3. The first kappa shape index (κ1) is 20.7. The number of hydrazine groups is 1. The molecule has 0 aliphatic carbocycles. The van der Waals surface area contributed by atoms with Gasteiger partial charge >= 0.3 is 6.18 Å². The zero-order chi connectivity index (χ0) is 20.1. The number of halogens is 3. The third-order valence-electron chi connectivity index (χ3n) is 4.04. The van der Waals surface area contributed by atoms with Crippen LogP contribution >= 0.6 is 24.4 Å². The molecular weight excluding hydrogens is 409 g/mol.